The van der Waals surface area contributed by atoms with Gasteiger partial charge in [-0.3, -0.25) is 37.3 Å². The number of hydrogen-bond acceptors (Lipinski definition) is 15. The molecule has 4 unspecified atom stereocenters. The van der Waals surface area contributed by atoms with Crippen molar-refractivity contribution in [2.45, 2.75) is 414 Å². The van der Waals surface area contributed by atoms with E-state index in [1.165, 1.54) is 193 Å². The molecule has 0 saturated carbocycles. The molecule has 0 amide bonds. The summed E-state index contributed by atoms with van der Waals surface area (Å²) in [7, 11) is -9.92. The van der Waals surface area contributed by atoms with Crippen LogP contribution in [0.4, 0.5) is 0 Å². The molecule has 19 heteroatoms. The van der Waals surface area contributed by atoms with Crippen LogP contribution in [0.25, 0.3) is 0 Å². The van der Waals surface area contributed by atoms with Gasteiger partial charge in [0.1, 0.15) is 19.3 Å². The minimum absolute atomic E-state index is 0.105. The zero-order valence-electron chi connectivity index (χ0n) is 63.7. The fourth-order valence-corrected chi connectivity index (χ4v) is 13.5. The van der Waals surface area contributed by atoms with E-state index in [4.69, 9.17) is 37.0 Å². The summed E-state index contributed by atoms with van der Waals surface area (Å²) in [5.74, 6) is 0.967. The van der Waals surface area contributed by atoms with Gasteiger partial charge in [-0.1, -0.05) is 344 Å². The van der Waals surface area contributed by atoms with Crippen molar-refractivity contribution in [1.29, 1.82) is 0 Å². The van der Waals surface area contributed by atoms with E-state index in [1.54, 1.807) is 0 Å². The van der Waals surface area contributed by atoms with E-state index in [0.29, 0.717) is 31.6 Å². The van der Waals surface area contributed by atoms with Gasteiger partial charge in [-0.25, -0.2) is 9.13 Å². The van der Waals surface area contributed by atoms with Crippen molar-refractivity contribution in [1.82, 2.24) is 0 Å². The number of carbonyl (C=O) groups is 4. The van der Waals surface area contributed by atoms with Crippen molar-refractivity contribution in [3.05, 3.63) is 0 Å². The Morgan fingerprint density at radius 3 is 0.732 bits per heavy atom. The van der Waals surface area contributed by atoms with E-state index in [2.05, 4.69) is 55.4 Å². The van der Waals surface area contributed by atoms with Crippen LogP contribution < -0.4 is 0 Å². The Bertz CT molecular complexity index is 1900. The molecule has 0 aliphatic carbocycles. The number of carbonyl (C=O) groups excluding carboxylic acids is 4. The number of rotatable bonds is 75. The maximum absolute atomic E-state index is 13.1. The maximum Gasteiger partial charge on any atom is 0.472 e. The summed E-state index contributed by atoms with van der Waals surface area (Å²) in [4.78, 5) is 72.9. The lowest BCUT2D eigenvalue weighted by Crippen LogP contribution is -2.30. The van der Waals surface area contributed by atoms with Gasteiger partial charge in [-0.2, -0.15) is 0 Å². The fraction of sp³-hybridized carbons (Fsp3) is 0.949. The average molecular weight is 1420 g/mol. The number of hydrogen-bond donors (Lipinski definition) is 3. The second-order valence-electron chi connectivity index (χ2n) is 29.8. The van der Waals surface area contributed by atoms with Crippen molar-refractivity contribution in [3.8, 4) is 0 Å². The third kappa shape index (κ3) is 70.9. The molecule has 97 heavy (non-hydrogen) atoms. The van der Waals surface area contributed by atoms with Crippen LogP contribution in [-0.4, -0.2) is 96.7 Å². The van der Waals surface area contributed by atoms with Crippen LogP contribution in [0, 0.1) is 23.7 Å². The summed E-state index contributed by atoms with van der Waals surface area (Å²) in [5, 5.41) is 10.6. The highest BCUT2D eigenvalue weighted by molar-refractivity contribution is 7.47. The highest BCUT2D eigenvalue weighted by Gasteiger charge is 2.30. The summed E-state index contributed by atoms with van der Waals surface area (Å²) in [6, 6.07) is 0. The molecule has 17 nitrogen and oxygen atoms in total. The second kappa shape index (κ2) is 67.2. The Morgan fingerprint density at radius 2 is 0.495 bits per heavy atom. The first kappa shape index (κ1) is 95.1. The molecule has 0 rings (SSSR count). The van der Waals surface area contributed by atoms with Gasteiger partial charge in [-0.05, 0) is 49.4 Å². The molecular weight excluding hydrogens is 1270 g/mol. The first-order chi connectivity index (χ1) is 46.6. The lowest BCUT2D eigenvalue weighted by atomic mass is 9.99. The Kier molecular flexibility index (Phi) is 65.9. The number of ether oxygens (including phenoxy) is 4. The van der Waals surface area contributed by atoms with E-state index >= 15 is 0 Å². The number of aliphatic hydroxyl groups excluding tert-OH is 1. The Hall–Kier alpha value is -1.94. The topological polar surface area (TPSA) is 237 Å². The van der Waals surface area contributed by atoms with E-state index in [1.807, 2.05) is 0 Å². The van der Waals surface area contributed by atoms with E-state index in [-0.39, 0.29) is 25.7 Å². The number of phosphoric acid groups is 2. The van der Waals surface area contributed by atoms with Gasteiger partial charge in [0.05, 0.1) is 26.4 Å². The molecule has 0 heterocycles. The smallest absolute Gasteiger partial charge is 0.462 e. The van der Waals surface area contributed by atoms with Crippen LogP contribution in [0.5, 0.6) is 0 Å². The molecule has 0 saturated heterocycles. The van der Waals surface area contributed by atoms with Crippen molar-refractivity contribution < 1.29 is 80.2 Å². The Labute approximate surface area is 594 Å². The van der Waals surface area contributed by atoms with Crippen LogP contribution in [0.3, 0.4) is 0 Å². The molecule has 0 spiro atoms. The SMILES string of the molecule is CCC(C)CCCCCCCCCCCCCCCCC(=O)O[C@H](COC(=O)CCCCCCCCCC(C)C)COP(=O)(O)OCC(O)COP(=O)(O)OC[C@@H](COC(=O)CCCCCCCCCCCCCCCCC(C)C)OC(=O)CCCCCCCCCCCC(C)C. The van der Waals surface area contributed by atoms with Crippen LogP contribution >= 0.6 is 15.6 Å². The average Bonchev–Trinajstić information content (AvgIpc) is 1.44. The molecule has 0 aromatic rings. The van der Waals surface area contributed by atoms with Crippen molar-refractivity contribution in [3.63, 3.8) is 0 Å². The molecule has 0 radical (unpaired) electrons. The summed E-state index contributed by atoms with van der Waals surface area (Å²) < 4.78 is 68.6. The van der Waals surface area contributed by atoms with Crippen LogP contribution in [0.1, 0.15) is 396 Å². The lowest BCUT2D eigenvalue weighted by Gasteiger charge is -2.21. The van der Waals surface area contributed by atoms with Crippen LogP contribution in [0.2, 0.25) is 0 Å². The molecule has 576 valence electrons. The summed E-state index contributed by atoms with van der Waals surface area (Å²) in [6.45, 7) is 14.2. The molecular formula is C78H152O17P2. The minimum Gasteiger partial charge on any atom is -0.462 e. The molecule has 0 aromatic carbocycles. The number of unbranched alkanes of at least 4 members (excludes halogenated alkanes) is 40. The van der Waals surface area contributed by atoms with Crippen LogP contribution in [0.15, 0.2) is 0 Å². The molecule has 3 N–H and O–H groups in total. The Balaban J connectivity index is 5.22. The van der Waals surface area contributed by atoms with Crippen LogP contribution in [-0.2, 0) is 65.4 Å². The standard InChI is InChI=1S/C78H152O17P2/c1-9-71(8)57-49-41-33-25-19-15-11-13-17-21-27-35-44-52-60-77(82)94-74(65-89-76(81)59-51-43-37-29-32-40-48-56-70(6)7)67-93-97(86,87)91-63-72(79)62-90-96(84,85)92-66-73(95-78(83)61-53-45-36-28-22-24-31-39-47-55-69(4)5)64-88-75(80)58-50-42-34-26-20-16-12-10-14-18-23-30-38-46-54-68(2)3/h68-74,79H,9-67H2,1-8H3,(H,84,85)(H,86,87)/t71?,72?,73-,74-/m1/s1. The zero-order chi connectivity index (χ0) is 71.7. The fourth-order valence-electron chi connectivity index (χ4n) is 11.9. The quantitative estimate of drug-likeness (QED) is 0.0222. The number of aliphatic hydroxyl groups is 1. The molecule has 0 bridgehead atoms. The minimum atomic E-state index is -4.96. The summed E-state index contributed by atoms with van der Waals surface area (Å²) in [6.07, 6.45) is 52.8. The van der Waals surface area contributed by atoms with Gasteiger partial charge in [0.2, 0.25) is 0 Å². The van der Waals surface area contributed by atoms with Gasteiger partial charge in [0.25, 0.3) is 0 Å². The lowest BCUT2D eigenvalue weighted by molar-refractivity contribution is -0.161. The zero-order valence-corrected chi connectivity index (χ0v) is 65.5. The van der Waals surface area contributed by atoms with Crippen molar-refractivity contribution >= 4 is 39.5 Å². The normalized spacial score (nSPS) is 14.4. The molecule has 0 fully saturated rings. The Morgan fingerprint density at radius 1 is 0.289 bits per heavy atom. The highest BCUT2D eigenvalue weighted by Crippen LogP contribution is 2.45. The second-order valence-corrected chi connectivity index (χ2v) is 32.7. The first-order valence-corrected chi connectivity index (χ1v) is 43.2. The van der Waals surface area contributed by atoms with Crippen molar-refractivity contribution in [2.24, 2.45) is 23.7 Å². The maximum atomic E-state index is 13.1. The van der Waals surface area contributed by atoms with Gasteiger partial charge >= 0.3 is 39.5 Å². The van der Waals surface area contributed by atoms with Gasteiger partial charge in [-0.15, -0.1) is 0 Å². The number of phosphoric ester groups is 2. The summed E-state index contributed by atoms with van der Waals surface area (Å²) >= 11 is 0. The largest absolute Gasteiger partial charge is 0.472 e. The van der Waals surface area contributed by atoms with E-state index in [0.717, 1.165) is 114 Å². The monoisotopic (exact) mass is 1420 g/mol. The predicted octanol–water partition coefficient (Wildman–Crippen LogP) is 22.8. The molecule has 0 aliphatic heterocycles. The van der Waals surface area contributed by atoms with Gasteiger partial charge < -0.3 is 33.8 Å². The summed E-state index contributed by atoms with van der Waals surface area (Å²) in [5.41, 5.74) is 0. The molecule has 0 aromatic heterocycles. The van der Waals surface area contributed by atoms with Gasteiger partial charge in [0.15, 0.2) is 12.2 Å². The van der Waals surface area contributed by atoms with E-state index in [9.17, 15) is 43.2 Å². The third-order valence-corrected chi connectivity index (χ3v) is 20.3. The third-order valence-electron chi connectivity index (χ3n) is 18.4. The first-order valence-electron chi connectivity index (χ1n) is 40.2. The van der Waals surface area contributed by atoms with Gasteiger partial charge in [0, 0.05) is 25.7 Å². The predicted molar refractivity (Wildman–Crippen MR) is 395 cm³/mol. The highest BCUT2D eigenvalue weighted by atomic mass is 31.2. The van der Waals surface area contributed by atoms with Crippen molar-refractivity contribution in [2.75, 3.05) is 39.6 Å². The number of esters is 4. The van der Waals surface area contributed by atoms with E-state index < -0.39 is 97.5 Å². The molecule has 6 atom stereocenters. The molecule has 0 aliphatic rings.